The molecule has 1 amide bonds. The smallest absolute Gasteiger partial charge is 0.248 e. The van der Waals surface area contributed by atoms with Crippen LogP contribution in [0.5, 0.6) is 5.75 Å². The summed E-state index contributed by atoms with van der Waals surface area (Å²) in [6.45, 7) is 6.87. The summed E-state index contributed by atoms with van der Waals surface area (Å²) in [5.74, 6) is 1.43. The lowest BCUT2D eigenvalue weighted by molar-refractivity contribution is -0.111. The first-order valence-electron chi connectivity index (χ1n) is 8.51. The molecule has 0 saturated heterocycles. The van der Waals surface area contributed by atoms with E-state index in [0.717, 1.165) is 23.6 Å². The molecule has 1 aromatic carbocycles. The van der Waals surface area contributed by atoms with Crippen LogP contribution in [0.3, 0.4) is 0 Å². The number of anilines is 2. The number of carbonyl (C=O) groups is 1. The van der Waals surface area contributed by atoms with Crippen LogP contribution in [-0.4, -0.2) is 23.5 Å². The van der Waals surface area contributed by atoms with Crippen LogP contribution in [0.4, 0.5) is 11.5 Å². The van der Waals surface area contributed by atoms with Crippen molar-refractivity contribution in [1.82, 2.24) is 4.98 Å². The van der Waals surface area contributed by atoms with E-state index in [-0.39, 0.29) is 5.91 Å². The second-order valence-corrected chi connectivity index (χ2v) is 5.97. The Bertz CT molecular complexity index is 692. The van der Waals surface area contributed by atoms with E-state index >= 15 is 0 Å². The number of amides is 1. The lowest BCUT2D eigenvalue weighted by Crippen LogP contribution is -2.12. The van der Waals surface area contributed by atoms with E-state index in [1.807, 2.05) is 50.2 Å². The number of benzene rings is 1. The van der Waals surface area contributed by atoms with Crippen molar-refractivity contribution < 1.29 is 9.53 Å². The highest BCUT2D eigenvalue weighted by Gasteiger charge is 2.01. The number of hydrogen-bond donors (Lipinski definition) is 2. The summed E-state index contributed by atoms with van der Waals surface area (Å²) < 4.78 is 5.53. The number of pyridine rings is 1. The van der Waals surface area contributed by atoms with Crippen molar-refractivity contribution >= 4 is 23.5 Å². The lowest BCUT2D eigenvalue weighted by atomic mass is 10.2. The van der Waals surface area contributed by atoms with Gasteiger partial charge < -0.3 is 15.4 Å². The third-order valence-corrected chi connectivity index (χ3v) is 3.25. The van der Waals surface area contributed by atoms with E-state index in [1.54, 1.807) is 12.3 Å². The molecule has 0 saturated carbocycles. The van der Waals surface area contributed by atoms with Crippen LogP contribution in [0.1, 0.15) is 32.8 Å². The molecule has 25 heavy (non-hydrogen) atoms. The Morgan fingerprint density at radius 2 is 1.96 bits per heavy atom. The van der Waals surface area contributed by atoms with Crippen LogP contribution < -0.4 is 15.4 Å². The number of aromatic nitrogens is 1. The predicted molar refractivity (Wildman–Crippen MR) is 103 cm³/mol. The summed E-state index contributed by atoms with van der Waals surface area (Å²) in [6, 6.07) is 11.6. The van der Waals surface area contributed by atoms with Crippen LogP contribution in [-0.2, 0) is 4.79 Å². The van der Waals surface area contributed by atoms with Crippen molar-refractivity contribution in [3.05, 3.63) is 54.2 Å². The molecule has 1 aromatic heterocycles. The number of ether oxygens (including phenoxy) is 1. The minimum Gasteiger partial charge on any atom is -0.494 e. The molecular formula is C20H25N3O2. The topological polar surface area (TPSA) is 63.2 Å². The summed E-state index contributed by atoms with van der Waals surface area (Å²) in [4.78, 5) is 16.3. The molecule has 5 heteroatoms. The first kappa shape index (κ1) is 18.5. The molecule has 0 aliphatic heterocycles. The van der Waals surface area contributed by atoms with Crippen LogP contribution >= 0.6 is 0 Å². The van der Waals surface area contributed by atoms with Gasteiger partial charge in [0.25, 0.3) is 0 Å². The van der Waals surface area contributed by atoms with Gasteiger partial charge in [0.05, 0.1) is 18.5 Å². The fourth-order valence-corrected chi connectivity index (χ4v) is 2.10. The van der Waals surface area contributed by atoms with Gasteiger partial charge in [0.1, 0.15) is 11.6 Å². The van der Waals surface area contributed by atoms with E-state index in [2.05, 4.69) is 22.5 Å². The zero-order valence-corrected chi connectivity index (χ0v) is 15.0. The highest BCUT2D eigenvalue weighted by atomic mass is 16.5. The molecule has 2 N–H and O–H groups in total. The van der Waals surface area contributed by atoms with Crippen LogP contribution in [0, 0.1) is 0 Å². The van der Waals surface area contributed by atoms with Crippen molar-refractivity contribution in [2.45, 2.75) is 33.2 Å². The molecule has 0 radical (unpaired) electrons. The summed E-state index contributed by atoms with van der Waals surface area (Å²) >= 11 is 0. The molecule has 1 heterocycles. The first-order chi connectivity index (χ1) is 12.1. The minimum atomic E-state index is -0.197. The van der Waals surface area contributed by atoms with E-state index in [9.17, 15) is 4.79 Å². The van der Waals surface area contributed by atoms with Crippen molar-refractivity contribution in [3.63, 3.8) is 0 Å². The number of nitrogens with zero attached hydrogens (tertiary/aromatic N) is 1. The SMILES string of the molecule is CCCOc1ccc(/C=C/C(=O)Nc2ccc(NC(C)C)nc2)cc1. The average Bonchev–Trinajstić information content (AvgIpc) is 2.60. The zero-order valence-electron chi connectivity index (χ0n) is 15.0. The van der Waals surface area contributed by atoms with Gasteiger partial charge in [-0.15, -0.1) is 0 Å². The molecular weight excluding hydrogens is 314 g/mol. The molecule has 0 bridgehead atoms. The van der Waals surface area contributed by atoms with E-state index in [4.69, 9.17) is 4.74 Å². The zero-order chi connectivity index (χ0) is 18.1. The van der Waals surface area contributed by atoms with Gasteiger partial charge >= 0.3 is 0 Å². The van der Waals surface area contributed by atoms with Crippen LogP contribution in [0.25, 0.3) is 6.08 Å². The predicted octanol–water partition coefficient (Wildman–Crippen LogP) is 4.34. The monoisotopic (exact) mass is 339 g/mol. The Morgan fingerprint density at radius 1 is 1.20 bits per heavy atom. The Labute approximate surface area is 149 Å². The quantitative estimate of drug-likeness (QED) is 0.702. The van der Waals surface area contributed by atoms with E-state index < -0.39 is 0 Å². The molecule has 132 valence electrons. The highest BCUT2D eigenvalue weighted by Crippen LogP contribution is 2.14. The Morgan fingerprint density at radius 3 is 2.56 bits per heavy atom. The maximum absolute atomic E-state index is 12.0. The summed E-state index contributed by atoms with van der Waals surface area (Å²) in [6.07, 6.45) is 5.88. The van der Waals surface area contributed by atoms with Gasteiger partial charge in [0.2, 0.25) is 5.91 Å². The molecule has 0 unspecified atom stereocenters. The second kappa shape index (κ2) is 9.47. The minimum absolute atomic E-state index is 0.197. The van der Waals surface area contributed by atoms with E-state index in [0.29, 0.717) is 18.3 Å². The molecule has 2 rings (SSSR count). The molecule has 5 nitrogen and oxygen atoms in total. The molecule has 0 spiro atoms. The lowest BCUT2D eigenvalue weighted by Gasteiger charge is -2.09. The van der Waals surface area contributed by atoms with Crippen molar-refractivity contribution in [2.24, 2.45) is 0 Å². The Balaban J connectivity index is 1.87. The summed E-state index contributed by atoms with van der Waals surface area (Å²) in [5.41, 5.74) is 1.60. The van der Waals surface area contributed by atoms with Crippen LogP contribution in [0.2, 0.25) is 0 Å². The maximum atomic E-state index is 12.0. The first-order valence-corrected chi connectivity index (χ1v) is 8.51. The molecule has 2 aromatic rings. The van der Waals surface area contributed by atoms with Crippen molar-refractivity contribution in [2.75, 3.05) is 17.2 Å². The van der Waals surface area contributed by atoms with E-state index in [1.165, 1.54) is 6.08 Å². The van der Waals surface area contributed by atoms with Gasteiger partial charge in [-0.05, 0) is 56.2 Å². The third kappa shape index (κ3) is 6.67. The Hall–Kier alpha value is -2.82. The van der Waals surface area contributed by atoms with Gasteiger partial charge in [-0.1, -0.05) is 19.1 Å². The van der Waals surface area contributed by atoms with Crippen molar-refractivity contribution in [1.29, 1.82) is 0 Å². The van der Waals surface area contributed by atoms with Crippen molar-refractivity contribution in [3.8, 4) is 5.75 Å². The maximum Gasteiger partial charge on any atom is 0.248 e. The third-order valence-electron chi connectivity index (χ3n) is 3.25. The number of nitrogens with one attached hydrogen (secondary N) is 2. The number of rotatable bonds is 8. The molecule has 0 atom stereocenters. The molecule has 0 aliphatic rings. The normalized spacial score (nSPS) is 10.9. The Kier molecular flexibility index (Phi) is 7.01. The molecule has 0 aliphatic carbocycles. The largest absolute Gasteiger partial charge is 0.494 e. The summed E-state index contributed by atoms with van der Waals surface area (Å²) in [5, 5.41) is 5.99. The van der Waals surface area contributed by atoms with Gasteiger partial charge in [-0.3, -0.25) is 4.79 Å². The van der Waals surface area contributed by atoms with Crippen LogP contribution in [0.15, 0.2) is 48.7 Å². The average molecular weight is 339 g/mol. The highest BCUT2D eigenvalue weighted by molar-refractivity contribution is 6.01. The number of carbonyl (C=O) groups excluding carboxylic acids is 1. The number of hydrogen-bond acceptors (Lipinski definition) is 4. The standard InChI is InChI=1S/C20H25N3O2/c1-4-13-25-18-9-5-16(6-10-18)7-12-20(24)23-17-8-11-19(21-14-17)22-15(2)3/h5-12,14-15H,4,13H2,1-3H3,(H,21,22)(H,23,24)/b12-7+. The van der Waals surface area contributed by atoms with Gasteiger partial charge in [-0.2, -0.15) is 0 Å². The fourth-order valence-electron chi connectivity index (χ4n) is 2.10. The fraction of sp³-hybridized carbons (Fsp3) is 0.300. The second-order valence-electron chi connectivity index (χ2n) is 5.97. The van der Waals surface area contributed by atoms with Gasteiger partial charge in [0.15, 0.2) is 0 Å². The molecule has 0 fully saturated rings. The summed E-state index contributed by atoms with van der Waals surface area (Å²) in [7, 11) is 0. The van der Waals surface area contributed by atoms with Gasteiger partial charge in [0, 0.05) is 12.1 Å². The van der Waals surface area contributed by atoms with Gasteiger partial charge in [-0.25, -0.2) is 4.98 Å².